The Bertz CT molecular complexity index is 576. The summed E-state index contributed by atoms with van der Waals surface area (Å²) < 4.78 is 0. The normalized spacial score (nSPS) is 12.7. The Labute approximate surface area is 129 Å². The molecule has 110 valence electrons. The second kappa shape index (κ2) is 7.76. The summed E-state index contributed by atoms with van der Waals surface area (Å²) in [7, 11) is 4.05. The highest BCUT2D eigenvalue weighted by atomic mass is 32.1. The van der Waals surface area contributed by atoms with E-state index in [1.165, 1.54) is 4.88 Å². The van der Waals surface area contributed by atoms with Gasteiger partial charge in [0.25, 0.3) is 0 Å². The summed E-state index contributed by atoms with van der Waals surface area (Å²) in [5.41, 5.74) is 1.02. The van der Waals surface area contributed by atoms with E-state index in [4.69, 9.17) is 0 Å². The molecule has 4 heteroatoms. The first-order chi connectivity index (χ1) is 10.2. The zero-order valence-corrected chi connectivity index (χ0v) is 13.1. The molecule has 0 saturated heterocycles. The van der Waals surface area contributed by atoms with E-state index < -0.39 is 0 Å². The molecular weight excluding hydrogens is 280 g/mol. The van der Waals surface area contributed by atoms with Crippen molar-refractivity contribution in [2.24, 2.45) is 0 Å². The van der Waals surface area contributed by atoms with E-state index in [1.807, 2.05) is 56.6 Å². The summed E-state index contributed by atoms with van der Waals surface area (Å²) in [6.45, 7) is 0.603. The second-order valence-corrected chi connectivity index (χ2v) is 5.96. The Balaban J connectivity index is 1.89. The van der Waals surface area contributed by atoms with E-state index in [9.17, 15) is 4.79 Å². The number of carbonyl (C=O) groups is 1. The minimum Gasteiger partial charge on any atom is -0.351 e. The highest BCUT2D eigenvalue weighted by molar-refractivity contribution is 7.10. The number of amides is 1. The SMILES string of the molecule is CN(C)C(CNC(=O)/C=C/c1ccccc1)c1cccs1. The van der Waals surface area contributed by atoms with Gasteiger partial charge in [-0.25, -0.2) is 0 Å². The average molecular weight is 300 g/mol. The molecule has 1 atom stereocenters. The second-order valence-electron chi connectivity index (χ2n) is 4.98. The molecule has 0 fully saturated rings. The molecule has 2 aromatic rings. The third-order valence-electron chi connectivity index (χ3n) is 3.19. The Morgan fingerprint density at radius 2 is 2.00 bits per heavy atom. The molecule has 0 aliphatic heterocycles. The van der Waals surface area contributed by atoms with E-state index in [0.717, 1.165) is 5.56 Å². The monoisotopic (exact) mass is 300 g/mol. The molecule has 2 rings (SSSR count). The molecule has 0 bridgehead atoms. The van der Waals surface area contributed by atoms with Crippen molar-refractivity contribution in [2.75, 3.05) is 20.6 Å². The van der Waals surface area contributed by atoms with E-state index in [2.05, 4.69) is 21.7 Å². The van der Waals surface area contributed by atoms with E-state index in [0.29, 0.717) is 6.54 Å². The van der Waals surface area contributed by atoms with Crippen LogP contribution in [0.25, 0.3) is 6.08 Å². The van der Waals surface area contributed by atoms with Crippen LogP contribution in [0.3, 0.4) is 0 Å². The third kappa shape index (κ3) is 4.85. The van der Waals surface area contributed by atoms with Crippen molar-refractivity contribution in [3.63, 3.8) is 0 Å². The number of hydrogen-bond donors (Lipinski definition) is 1. The maximum atomic E-state index is 11.9. The fourth-order valence-electron chi connectivity index (χ4n) is 2.01. The molecule has 0 saturated carbocycles. The van der Waals surface area contributed by atoms with Crippen LogP contribution in [0.4, 0.5) is 0 Å². The van der Waals surface area contributed by atoms with Gasteiger partial charge in [0.05, 0.1) is 6.04 Å². The summed E-state index contributed by atoms with van der Waals surface area (Å²) in [6, 6.07) is 14.1. The quantitative estimate of drug-likeness (QED) is 0.831. The summed E-state index contributed by atoms with van der Waals surface area (Å²) in [4.78, 5) is 15.3. The lowest BCUT2D eigenvalue weighted by atomic mass is 10.2. The number of thiophene rings is 1. The predicted molar refractivity (Wildman–Crippen MR) is 89.2 cm³/mol. The molecule has 0 radical (unpaired) electrons. The molecule has 0 aliphatic carbocycles. The van der Waals surface area contributed by atoms with Crippen LogP contribution in [0, 0.1) is 0 Å². The molecule has 1 N–H and O–H groups in total. The zero-order valence-electron chi connectivity index (χ0n) is 12.3. The van der Waals surface area contributed by atoms with Gasteiger partial charge in [-0.3, -0.25) is 4.79 Å². The lowest BCUT2D eigenvalue weighted by molar-refractivity contribution is -0.116. The number of benzene rings is 1. The molecule has 0 spiro atoms. The van der Waals surface area contributed by atoms with Crippen LogP contribution >= 0.6 is 11.3 Å². The van der Waals surface area contributed by atoms with E-state index in [1.54, 1.807) is 17.4 Å². The Morgan fingerprint density at radius 1 is 1.24 bits per heavy atom. The van der Waals surface area contributed by atoms with Crippen LogP contribution in [0.1, 0.15) is 16.5 Å². The first kappa shape index (κ1) is 15.5. The molecule has 21 heavy (non-hydrogen) atoms. The lowest BCUT2D eigenvalue weighted by Gasteiger charge is -2.23. The first-order valence-corrected chi connectivity index (χ1v) is 7.75. The van der Waals surface area contributed by atoms with Gasteiger partial charge in [0, 0.05) is 17.5 Å². The van der Waals surface area contributed by atoms with Gasteiger partial charge >= 0.3 is 0 Å². The summed E-state index contributed by atoms with van der Waals surface area (Å²) in [5.74, 6) is -0.0674. The fourth-order valence-corrected chi connectivity index (χ4v) is 2.93. The van der Waals surface area contributed by atoms with Gasteiger partial charge in [-0.15, -0.1) is 11.3 Å². The van der Waals surface area contributed by atoms with E-state index in [-0.39, 0.29) is 11.9 Å². The number of likely N-dealkylation sites (N-methyl/N-ethyl adjacent to an activating group) is 1. The van der Waals surface area contributed by atoms with Crippen LogP contribution in [0.2, 0.25) is 0 Å². The number of hydrogen-bond acceptors (Lipinski definition) is 3. The molecule has 1 unspecified atom stereocenters. The number of carbonyl (C=O) groups excluding carboxylic acids is 1. The standard InChI is InChI=1S/C17H20N2OS/c1-19(2)15(16-9-6-12-21-16)13-18-17(20)11-10-14-7-4-3-5-8-14/h3-12,15H,13H2,1-2H3,(H,18,20)/b11-10+. The Kier molecular flexibility index (Phi) is 5.72. The van der Waals surface area contributed by atoms with Crippen molar-refractivity contribution in [2.45, 2.75) is 6.04 Å². The van der Waals surface area contributed by atoms with Gasteiger partial charge < -0.3 is 10.2 Å². The van der Waals surface area contributed by atoms with Gasteiger partial charge in [-0.2, -0.15) is 0 Å². The van der Waals surface area contributed by atoms with Gasteiger partial charge in [0.15, 0.2) is 0 Å². The van der Waals surface area contributed by atoms with Crippen LogP contribution in [-0.4, -0.2) is 31.4 Å². The molecule has 1 heterocycles. The summed E-state index contributed by atoms with van der Waals surface area (Å²) in [5, 5.41) is 5.02. The van der Waals surface area contributed by atoms with Crippen molar-refractivity contribution >= 4 is 23.3 Å². The average Bonchev–Trinajstić information content (AvgIpc) is 3.00. The topological polar surface area (TPSA) is 32.3 Å². The first-order valence-electron chi connectivity index (χ1n) is 6.87. The zero-order chi connectivity index (χ0) is 15.1. The Morgan fingerprint density at radius 3 is 2.62 bits per heavy atom. The van der Waals surface area contributed by atoms with Crippen molar-refractivity contribution in [1.29, 1.82) is 0 Å². The van der Waals surface area contributed by atoms with Gasteiger partial charge in [-0.05, 0) is 37.2 Å². The van der Waals surface area contributed by atoms with Crippen molar-refractivity contribution in [1.82, 2.24) is 10.2 Å². The molecule has 1 amide bonds. The Hall–Kier alpha value is -1.91. The maximum absolute atomic E-state index is 11.9. The number of rotatable bonds is 6. The largest absolute Gasteiger partial charge is 0.351 e. The smallest absolute Gasteiger partial charge is 0.244 e. The van der Waals surface area contributed by atoms with Gasteiger partial charge in [0.1, 0.15) is 0 Å². The predicted octanol–water partition coefficient (Wildman–Crippen LogP) is 3.18. The molecular formula is C17H20N2OS. The maximum Gasteiger partial charge on any atom is 0.244 e. The van der Waals surface area contributed by atoms with Crippen LogP contribution in [0.15, 0.2) is 53.9 Å². The van der Waals surface area contributed by atoms with Crippen molar-refractivity contribution < 1.29 is 4.79 Å². The van der Waals surface area contributed by atoms with Crippen LogP contribution in [0.5, 0.6) is 0 Å². The van der Waals surface area contributed by atoms with Crippen LogP contribution in [-0.2, 0) is 4.79 Å². The molecule has 1 aromatic heterocycles. The highest BCUT2D eigenvalue weighted by Crippen LogP contribution is 2.22. The van der Waals surface area contributed by atoms with Gasteiger partial charge in [0.2, 0.25) is 5.91 Å². The molecule has 0 aliphatic rings. The number of nitrogens with zero attached hydrogens (tertiary/aromatic N) is 1. The van der Waals surface area contributed by atoms with Crippen molar-refractivity contribution in [3.05, 3.63) is 64.4 Å². The molecule has 3 nitrogen and oxygen atoms in total. The number of nitrogens with one attached hydrogen (secondary N) is 1. The minimum absolute atomic E-state index is 0.0674. The van der Waals surface area contributed by atoms with Crippen LogP contribution < -0.4 is 5.32 Å². The summed E-state index contributed by atoms with van der Waals surface area (Å²) >= 11 is 1.71. The van der Waals surface area contributed by atoms with E-state index >= 15 is 0 Å². The minimum atomic E-state index is -0.0674. The lowest BCUT2D eigenvalue weighted by Crippen LogP contribution is -2.33. The molecule has 1 aromatic carbocycles. The highest BCUT2D eigenvalue weighted by Gasteiger charge is 2.15. The third-order valence-corrected chi connectivity index (χ3v) is 4.16. The van der Waals surface area contributed by atoms with Gasteiger partial charge in [-0.1, -0.05) is 36.4 Å². The fraction of sp³-hybridized carbons (Fsp3) is 0.235. The summed E-state index contributed by atoms with van der Waals surface area (Å²) in [6.07, 6.45) is 3.40. The van der Waals surface area contributed by atoms with Crippen molar-refractivity contribution in [3.8, 4) is 0 Å².